The Morgan fingerprint density at radius 3 is 2.50 bits per heavy atom. The SMILES string of the molecule is CCCCc1ccc(-n2c(C)cc(/C=C3/NC(=O)N(CC(=O)Nc4ccccc4F)C3=O)c2C)cc1. The first kappa shape index (κ1) is 24.9. The largest absolute Gasteiger partial charge is 0.329 e. The van der Waals surface area contributed by atoms with Gasteiger partial charge < -0.3 is 15.2 Å². The third kappa shape index (κ3) is 5.22. The summed E-state index contributed by atoms with van der Waals surface area (Å²) in [5.41, 5.74) is 5.05. The highest BCUT2D eigenvalue weighted by atomic mass is 19.1. The van der Waals surface area contributed by atoms with Crippen LogP contribution < -0.4 is 10.6 Å². The summed E-state index contributed by atoms with van der Waals surface area (Å²) >= 11 is 0. The van der Waals surface area contributed by atoms with Crippen molar-refractivity contribution in [3.63, 3.8) is 0 Å². The van der Waals surface area contributed by atoms with E-state index in [-0.39, 0.29) is 11.4 Å². The predicted octanol–water partition coefficient (Wildman–Crippen LogP) is 5.11. The van der Waals surface area contributed by atoms with Gasteiger partial charge in [0.2, 0.25) is 5.91 Å². The Morgan fingerprint density at radius 2 is 1.81 bits per heavy atom. The van der Waals surface area contributed by atoms with Crippen LogP contribution in [0.15, 0.2) is 60.3 Å². The Morgan fingerprint density at radius 1 is 1.08 bits per heavy atom. The number of hydrogen-bond acceptors (Lipinski definition) is 3. The molecule has 0 radical (unpaired) electrons. The fourth-order valence-corrected chi connectivity index (χ4v) is 4.29. The van der Waals surface area contributed by atoms with E-state index >= 15 is 0 Å². The monoisotopic (exact) mass is 488 g/mol. The summed E-state index contributed by atoms with van der Waals surface area (Å²) in [4.78, 5) is 38.5. The fraction of sp³-hybridized carbons (Fsp3) is 0.250. The third-order valence-electron chi connectivity index (χ3n) is 6.20. The number of aryl methyl sites for hydroxylation is 2. The smallest absolute Gasteiger partial charge is 0.322 e. The van der Waals surface area contributed by atoms with E-state index in [1.807, 2.05) is 19.9 Å². The minimum absolute atomic E-state index is 0.0174. The lowest BCUT2D eigenvalue weighted by Gasteiger charge is -2.12. The van der Waals surface area contributed by atoms with E-state index in [4.69, 9.17) is 0 Å². The van der Waals surface area contributed by atoms with Crippen LogP contribution in [0.25, 0.3) is 11.8 Å². The maximum Gasteiger partial charge on any atom is 0.329 e. The number of benzene rings is 2. The number of carbonyl (C=O) groups is 3. The normalized spacial score (nSPS) is 14.4. The maximum atomic E-state index is 13.8. The number of imide groups is 1. The van der Waals surface area contributed by atoms with Crippen LogP contribution in [0.3, 0.4) is 0 Å². The summed E-state index contributed by atoms with van der Waals surface area (Å²) in [7, 11) is 0. The molecule has 1 saturated heterocycles. The number of para-hydroxylation sites is 1. The molecule has 1 fully saturated rings. The van der Waals surface area contributed by atoms with Crippen LogP contribution >= 0.6 is 0 Å². The molecule has 0 aliphatic carbocycles. The molecule has 186 valence electrons. The Labute approximate surface area is 209 Å². The molecule has 1 aromatic heterocycles. The average Bonchev–Trinajstić information content (AvgIpc) is 3.28. The fourth-order valence-electron chi connectivity index (χ4n) is 4.29. The van der Waals surface area contributed by atoms with Gasteiger partial charge in [0, 0.05) is 17.1 Å². The van der Waals surface area contributed by atoms with Crippen molar-refractivity contribution < 1.29 is 18.8 Å². The van der Waals surface area contributed by atoms with Crippen molar-refractivity contribution in [3.05, 3.63) is 88.6 Å². The molecule has 1 aliphatic heterocycles. The predicted molar refractivity (Wildman–Crippen MR) is 137 cm³/mol. The molecule has 4 amide bonds. The zero-order valence-electron chi connectivity index (χ0n) is 20.6. The number of urea groups is 1. The molecule has 0 saturated carbocycles. The van der Waals surface area contributed by atoms with Gasteiger partial charge in [-0.15, -0.1) is 0 Å². The molecule has 0 spiro atoms. The number of nitrogens with one attached hydrogen (secondary N) is 2. The number of amides is 4. The first-order valence-corrected chi connectivity index (χ1v) is 12.0. The number of hydrogen-bond donors (Lipinski definition) is 2. The van der Waals surface area contributed by atoms with Crippen LogP contribution in [0.5, 0.6) is 0 Å². The second-order valence-electron chi connectivity index (χ2n) is 8.84. The molecular formula is C28H29FN4O3. The zero-order valence-corrected chi connectivity index (χ0v) is 20.6. The van der Waals surface area contributed by atoms with Crippen LogP contribution in [-0.2, 0) is 16.0 Å². The van der Waals surface area contributed by atoms with E-state index in [0.717, 1.165) is 46.8 Å². The second kappa shape index (κ2) is 10.6. The van der Waals surface area contributed by atoms with Crippen molar-refractivity contribution in [2.24, 2.45) is 0 Å². The highest BCUT2D eigenvalue weighted by molar-refractivity contribution is 6.16. The summed E-state index contributed by atoms with van der Waals surface area (Å²) in [6.07, 6.45) is 4.97. The van der Waals surface area contributed by atoms with Gasteiger partial charge in [-0.1, -0.05) is 37.6 Å². The number of aromatic nitrogens is 1. The highest BCUT2D eigenvalue weighted by Gasteiger charge is 2.35. The standard InChI is InChI=1S/C28H29FN4O3/c1-4-5-8-20-11-13-22(14-12-20)33-18(2)15-21(19(33)3)16-25-27(35)32(28(36)31-25)17-26(34)30-24-10-7-6-9-23(24)29/h6-7,9-16H,4-5,8,17H2,1-3H3,(H,30,34)(H,31,36)/b25-16+. The average molecular weight is 489 g/mol. The number of rotatable bonds is 8. The quantitative estimate of drug-likeness (QED) is 0.342. The number of unbranched alkanes of at least 4 members (excludes halogenated alkanes) is 1. The van der Waals surface area contributed by atoms with E-state index in [0.29, 0.717) is 0 Å². The van der Waals surface area contributed by atoms with E-state index in [1.165, 1.54) is 23.8 Å². The summed E-state index contributed by atoms with van der Waals surface area (Å²) < 4.78 is 15.9. The molecule has 2 heterocycles. The van der Waals surface area contributed by atoms with Crippen LogP contribution in [0, 0.1) is 19.7 Å². The van der Waals surface area contributed by atoms with Gasteiger partial charge in [-0.05, 0) is 74.2 Å². The zero-order chi connectivity index (χ0) is 25.8. The summed E-state index contributed by atoms with van der Waals surface area (Å²) in [6.45, 7) is 5.58. The minimum Gasteiger partial charge on any atom is -0.322 e. The minimum atomic E-state index is -0.702. The molecule has 4 rings (SSSR count). The molecular weight excluding hydrogens is 459 g/mol. The Kier molecular flexibility index (Phi) is 7.33. The van der Waals surface area contributed by atoms with Crippen molar-refractivity contribution in [1.29, 1.82) is 0 Å². The van der Waals surface area contributed by atoms with E-state index < -0.39 is 30.2 Å². The van der Waals surface area contributed by atoms with Crippen LogP contribution in [0.2, 0.25) is 0 Å². The molecule has 36 heavy (non-hydrogen) atoms. The first-order valence-electron chi connectivity index (χ1n) is 12.0. The van der Waals surface area contributed by atoms with Gasteiger partial charge in [0.05, 0.1) is 5.69 Å². The van der Waals surface area contributed by atoms with Crippen molar-refractivity contribution >= 4 is 29.6 Å². The molecule has 2 N–H and O–H groups in total. The Bertz CT molecular complexity index is 1340. The van der Waals surface area contributed by atoms with Crippen LogP contribution in [0.1, 0.15) is 42.3 Å². The molecule has 0 unspecified atom stereocenters. The van der Waals surface area contributed by atoms with Gasteiger partial charge in [-0.3, -0.25) is 9.59 Å². The topological polar surface area (TPSA) is 83.4 Å². The number of anilines is 1. The van der Waals surface area contributed by atoms with E-state index in [9.17, 15) is 18.8 Å². The van der Waals surface area contributed by atoms with E-state index in [1.54, 1.807) is 12.1 Å². The Hall–Kier alpha value is -4.20. The molecule has 3 aromatic rings. The van der Waals surface area contributed by atoms with Crippen LogP contribution in [0.4, 0.5) is 14.9 Å². The molecule has 8 heteroatoms. The lowest BCUT2D eigenvalue weighted by Crippen LogP contribution is -2.38. The summed E-state index contributed by atoms with van der Waals surface area (Å²) in [5, 5.41) is 4.93. The summed E-state index contributed by atoms with van der Waals surface area (Å²) in [6, 6.07) is 15.4. The molecule has 0 bridgehead atoms. The van der Waals surface area contributed by atoms with Crippen molar-refractivity contribution in [1.82, 2.24) is 14.8 Å². The van der Waals surface area contributed by atoms with Crippen molar-refractivity contribution in [2.45, 2.75) is 40.0 Å². The molecule has 1 aliphatic rings. The lowest BCUT2D eigenvalue weighted by atomic mass is 10.1. The first-order chi connectivity index (χ1) is 17.3. The van der Waals surface area contributed by atoms with Crippen molar-refractivity contribution in [2.75, 3.05) is 11.9 Å². The van der Waals surface area contributed by atoms with E-state index in [2.05, 4.69) is 46.4 Å². The maximum absolute atomic E-state index is 13.8. The number of nitrogens with zero attached hydrogens (tertiary/aromatic N) is 2. The number of halogens is 1. The second-order valence-corrected chi connectivity index (χ2v) is 8.84. The van der Waals surface area contributed by atoms with Gasteiger partial charge >= 0.3 is 6.03 Å². The number of carbonyl (C=O) groups excluding carboxylic acids is 3. The molecule has 0 atom stereocenters. The lowest BCUT2D eigenvalue weighted by molar-refractivity contribution is -0.127. The molecule has 2 aromatic carbocycles. The van der Waals surface area contributed by atoms with Gasteiger partial charge in [-0.2, -0.15) is 0 Å². The van der Waals surface area contributed by atoms with Gasteiger partial charge in [0.25, 0.3) is 5.91 Å². The van der Waals surface area contributed by atoms with Crippen molar-refractivity contribution in [3.8, 4) is 5.69 Å². The molecule has 7 nitrogen and oxygen atoms in total. The highest BCUT2D eigenvalue weighted by Crippen LogP contribution is 2.24. The van der Waals surface area contributed by atoms with Gasteiger partial charge in [0.1, 0.15) is 18.1 Å². The van der Waals surface area contributed by atoms with Gasteiger partial charge in [0.15, 0.2) is 0 Å². The Balaban J connectivity index is 1.50. The summed E-state index contributed by atoms with van der Waals surface area (Å²) in [5.74, 6) is -1.89. The van der Waals surface area contributed by atoms with Gasteiger partial charge in [-0.25, -0.2) is 14.1 Å². The van der Waals surface area contributed by atoms with Crippen LogP contribution in [-0.4, -0.2) is 33.9 Å². The third-order valence-corrected chi connectivity index (χ3v) is 6.20.